The number of anilines is 1. The molecule has 0 fully saturated rings. The number of pyridine rings is 1. The first kappa shape index (κ1) is 17.3. The molecule has 1 aromatic rings. The third kappa shape index (κ3) is 6.46. The van der Waals surface area contributed by atoms with Crippen LogP contribution in [-0.2, 0) is 0 Å². The van der Waals surface area contributed by atoms with E-state index in [0.29, 0.717) is 11.3 Å². The molecule has 0 aliphatic heterocycles. The number of hydrogen-bond acceptors (Lipinski definition) is 3. The summed E-state index contributed by atoms with van der Waals surface area (Å²) >= 11 is 0. The molecule has 0 aliphatic carbocycles. The summed E-state index contributed by atoms with van der Waals surface area (Å²) in [5, 5.41) is 2.59. The summed E-state index contributed by atoms with van der Waals surface area (Å²) in [7, 11) is 0. The number of halogens is 3. The van der Waals surface area contributed by atoms with Gasteiger partial charge in [-0.25, -0.2) is 4.98 Å². The van der Waals surface area contributed by atoms with Gasteiger partial charge in [-0.1, -0.05) is 13.8 Å². The number of rotatable bonds is 6. The van der Waals surface area contributed by atoms with Crippen LogP contribution in [0, 0.1) is 0 Å². The van der Waals surface area contributed by atoms with Gasteiger partial charge < -0.3 is 11.1 Å². The van der Waals surface area contributed by atoms with Crippen molar-refractivity contribution in [2.75, 3.05) is 12.3 Å². The number of carbonyl (C=O) groups is 1. The lowest BCUT2D eigenvalue weighted by atomic mass is 10.1. The maximum Gasteiger partial charge on any atom is 0.389 e. The molecule has 0 saturated heterocycles. The summed E-state index contributed by atoms with van der Waals surface area (Å²) in [4.78, 5) is 16.0. The molecule has 0 atom stereocenters. The lowest BCUT2D eigenvalue weighted by Crippen LogP contribution is -2.25. The van der Waals surface area contributed by atoms with Crippen molar-refractivity contribution in [1.82, 2.24) is 10.3 Å². The summed E-state index contributed by atoms with van der Waals surface area (Å²) < 4.78 is 35.9. The summed E-state index contributed by atoms with van der Waals surface area (Å²) in [6.45, 7) is 4.06. The van der Waals surface area contributed by atoms with E-state index in [0.717, 1.165) is 0 Å². The second kappa shape index (κ2) is 7.28. The highest BCUT2D eigenvalue weighted by Crippen LogP contribution is 2.22. The Morgan fingerprint density at radius 1 is 1.33 bits per heavy atom. The predicted octanol–water partition coefficient (Wildman–Crippen LogP) is 3.25. The van der Waals surface area contributed by atoms with Gasteiger partial charge in [0.15, 0.2) is 0 Å². The minimum atomic E-state index is -4.14. The molecule has 0 aliphatic rings. The molecule has 118 valence electrons. The number of nitrogens with zero attached hydrogens (tertiary/aromatic N) is 1. The van der Waals surface area contributed by atoms with Crippen LogP contribution in [0.5, 0.6) is 0 Å². The first-order valence-corrected chi connectivity index (χ1v) is 6.81. The fourth-order valence-electron chi connectivity index (χ4n) is 1.76. The quantitative estimate of drug-likeness (QED) is 0.793. The number of hydrogen-bond donors (Lipinski definition) is 2. The molecule has 0 unspecified atom stereocenters. The Balaban J connectivity index is 2.49. The van der Waals surface area contributed by atoms with E-state index >= 15 is 0 Å². The van der Waals surface area contributed by atoms with E-state index in [1.807, 2.05) is 13.8 Å². The van der Waals surface area contributed by atoms with Crippen LogP contribution in [0.1, 0.15) is 55.1 Å². The molecule has 1 heterocycles. The molecule has 0 saturated carbocycles. The Kier molecular flexibility index (Phi) is 5.99. The van der Waals surface area contributed by atoms with Crippen molar-refractivity contribution >= 4 is 11.7 Å². The predicted molar refractivity (Wildman–Crippen MR) is 75.0 cm³/mol. The van der Waals surface area contributed by atoms with E-state index in [1.165, 1.54) is 6.07 Å². The Bertz CT molecular complexity index is 487. The molecule has 1 rings (SSSR count). The first-order chi connectivity index (χ1) is 9.69. The van der Waals surface area contributed by atoms with Gasteiger partial charge >= 0.3 is 6.18 Å². The zero-order valence-corrected chi connectivity index (χ0v) is 12.1. The van der Waals surface area contributed by atoms with Gasteiger partial charge in [0.2, 0.25) is 0 Å². The smallest absolute Gasteiger partial charge is 0.384 e. The van der Waals surface area contributed by atoms with Crippen LogP contribution in [0.3, 0.4) is 0 Å². The molecular formula is C14H20F3N3O. The molecule has 0 bridgehead atoms. The number of alkyl halides is 3. The van der Waals surface area contributed by atoms with Gasteiger partial charge in [-0.05, 0) is 30.9 Å². The Hall–Kier alpha value is -1.79. The average Bonchev–Trinajstić information content (AvgIpc) is 2.35. The van der Waals surface area contributed by atoms with Gasteiger partial charge in [-0.3, -0.25) is 4.79 Å². The number of nitrogens with one attached hydrogen (secondary N) is 1. The van der Waals surface area contributed by atoms with Crippen LogP contribution < -0.4 is 11.1 Å². The number of aromatic nitrogens is 1. The Morgan fingerprint density at radius 2 is 2.00 bits per heavy atom. The molecule has 0 radical (unpaired) electrons. The largest absolute Gasteiger partial charge is 0.389 e. The summed E-state index contributed by atoms with van der Waals surface area (Å²) in [5.41, 5.74) is 6.73. The maximum absolute atomic E-state index is 12.0. The van der Waals surface area contributed by atoms with Crippen molar-refractivity contribution in [3.05, 3.63) is 23.4 Å². The van der Waals surface area contributed by atoms with Crippen LogP contribution in [0.4, 0.5) is 19.0 Å². The van der Waals surface area contributed by atoms with Crippen LogP contribution >= 0.6 is 0 Å². The molecule has 3 N–H and O–H groups in total. The molecule has 21 heavy (non-hydrogen) atoms. The van der Waals surface area contributed by atoms with Crippen molar-refractivity contribution in [1.29, 1.82) is 0 Å². The summed E-state index contributed by atoms with van der Waals surface area (Å²) in [5.74, 6) is 0.0354. The first-order valence-electron chi connectivity index (χ1n) is 6.81. The van der Waals surface area contributed by atoms with E-state index < -0.39 is 12.6 Å². The van der Waals surface area contributed by atoms with Crippen LogP contribution in [0.25, 0.3) is 0 Å². The van der Waals surface area contributed by atoms with Gasteiger partial charge in [0, 0.05) is 24.2 Å². The molecule has 0 aromatic carbocycles. The van der Waals surface area contributed by atoms with Crippen LogP contribution in [0.15, 0.2) is 12.1 Å². The minimum Gasteiger partial charge on any atom is -0.384 e. The lowest BCUT2D eigenvalue weighted by Gasteiger charge is -2.10. The highest BCUT2D eigenvalue weighted by atomic mass is 19.4. The van der Waals surface area contributed by atoms with E-state index in [4.69, 9.17) is 5.73 Å². The van der Waals surface area contributed by atoms with E-state index in [9.17, 15) is 18.0 Å². The van der Waals surface area contributed by atoms with E-state index in [1.54, 1.807) is 6.07 Å². The molecule has 0 spiro atoms. The normalized spacial score (nSPS) is 11.7. The zero-order chi connectivity index (χ0) is 16.0. The van der Waals surface area contributed by atoms with Gasteiger partial charge in [0.05, 0.1) is 0 Å². The number of amides is 1. The van der Waals surface area contributed by atoms with Gasteiger partial charge in [-0.2, -0.15) is 13.2 Å². The number of nitrogen functional groups attached to an aromatic ring is 1. The standard InChI is InChI=1S/C14H20F3N3O/c1-9(2)11-7-10(8-12(18)20-11)13(21)19-6-4-3-5-14(15,16)17/h7-9H,3-6H2,1-2H3,(H2,18,20)(H,19,21). The average molecular weight is 303 g/mol. The Morgan fingerprint density at radius 3 is 2.57 bits per heavy atom. The molecular weight excluding hydrogens is 283 g/mol. The monoisotopic (exact) mass is 303 g/mol. The van der Waals surface area contributed by atoms with Gasteiger partial charge in [-0.15, -0.1) is 0 Å². The minimum absolute atomic E-state index is 0.000488. The maximum atomic E-state index is 12.0. The van der Waals surface area contributed by atoms with Crippen LogP contribution in [0.2, 0.25) is 0 Å². The second-order valence-electron chi connectivity index (χ2n) is 5.19. The zero-order valence-electron chi connectivity index (χ0n) is 12.1. The third-order valence-corrected chi connectivity index (χ3v) is 2.89. The number of nitrogens with two attached hydrogens (primary N) is 1. The van der Waals surface area contributed by atoms with Crippen molar-refractivity contribution in [3.8, 4) is 0 Å². The van der Waals surface area contributed by atoms with Crippen molar-refractivity contribution in [2.45, 2.75) is 45.2 Å². The highest BCUT2D eigenvalue weighted by Gasteiger charge is 2.25. The lowest BCUT2D eigenvalue weighted by molar-refractivity contribution is -0.135. The van der Waals surface area contributed by atoms with E-state index in [-0.39, 0.29) is 37.0 Å². The molecule has 7 heteroatoms. The molecule has 4 nitrogen and oxygen atoms in total. The molecule has 1 aromatic heterocycles. The van der Waals surface area contributed by atoms with Crippen molar-refractivity contribution < 1.29 is 18.0 Å². The number of unbranched alkanes of at least 4 members (excludes halogenated alkanes) is 1. The van der Waals surface area contributed by atoms with E-state index in [2.05, 4.69) is 10.3 Å². The summed E-state index contributed by atoms with van der Waals surface area (Å²) in [6.07, 6.45) is -4.69. The fourth-order valence-corrected chi connectivity index (χ4v) is 1.76. The fraction of sp³-hybridized carbons (Fsp3) is 0.571. The highest BCUT2D eigenvalue weighted by molar-refractivity contribution is 5.94. The van der Waals surface area contributed by atoms with Crippen LogP contribution in [-0.4, -0.2) is 23.6 Å². The topological polar surface area (TPSA) is 68.0 Å². The SMILES string of the molecule is CC(C)c1cc(C(=O)NCCCCC(F)(F)F)cc(N)n1. The second-order valence-corrected chi connectivity index (χ2v) is 5.19. The van der Waals surface area contributed by atoms with Crippen molar-refractivity contribution in [2.24, 2.45) is 0 Å². The number of carbonyl (C=O) groups excluding carboxylic acids is 1. The third-order valence-electron chi connectivity index (χ3n) is 2.89. The van der Waals surface area contributed by atoms with Gasteiger partial charge in [0.25, 0.3) is 5.91 Å². The molecule has 1 amide bonds. The Labute approximate surface area is 121 Å². The summed E-state index contributed by atoms with van der Waals surface area (Å²) in [6, 6.07) is 3.10. The van der Waals surface area contributed by atoms with Gasteiger partial charge in [0.1, 0.15) is 5.82 Å². The van der Waals surface area contributed by atoms with Crippen molar-refractivity contribution in [3.63, 3.8) is 0 Å².